The first-order valence-corrected chi connectivity index (χ1v) is 7.06. The highest BCUT2D eigenvalue weighted by Gasteiger charge is 2.02. The summed E-state index contributed by atoms with van der Waals surface area (Å²) in [5.74, 6) is 0.104. The second kappa shape index (κ2) is 11.1. The number of nitrogens with one attached hydrogen (secondary N) is 2. The van der Waals surface area contributed by atoms with E-state index in [-0.39, 0.29) is 24.1 Å². The third kappa shape index (κ3) is 8.86. The lowest BCUT2D eigenvalue weighted by atomic mass is 10.4. The van der Waals surface area contributed by atoms with Gasteiger partial charge in [0.05, 0.1) is 5.75 Å². The van der Waals surface area contributed by atoms with Crippen molar-refractivity contribution < 1.29 is 9.18 Å². The molecule has 0 radical (unpaired) electrons. The van der Waals surface area contributed by atoms with E-state index in [9.17, 15) is 9.18 Å². The number of rotatable bonds is 8. The van der Waals surface area contributed by atoms with Crippen LogP contribution in [0.2, 0.25) is 0 Å². The van der Waals surface area contributed by atoms with Crippen molar-refractivity contribution >= 4 is 30.1 Å². The molecule has 0 bridgehead atoms. The predicted molar refractivity (Wildman–Crippen MR) is 80.5 cm³/mol. The van der Waals surface area contributed by atoms with Crippen molar-refractivity contribution in [1.82, 2.24) is 10.6 Å². The minimum absolute atomic E-state index is 0. The molecule has 1 amide bonds. The van der Waals surface area contributed by atoms with Crippen molar-refractivity contribution in [3.8, 4) is 0 Å². The Bertz CT molecular complexity index is 362. The Morgan fingerprint density at radius 3 is 2.53 bits per heavy atom. The molecule has 0 heterocycles. The smallest absolute Gasteiger partial charge is 0.230 e. The summed E-state index contributed by atoms with van der Waals surface area (Å²) in [6.45, 7) is 4.51. The summed E-state index contributed by atoms with van der Waals surface area (Å²) in [5, 5.41) is 6.03. The molecule has 0 aliphatic carbocycles. The van der Waals surface area contributed by atoms with Crippen LogP contribution in [-0.2, 0) is 4.79 Å². The van der Waals surface area contributed by atoms with Crippen LogP contribution in [0.25, 0.3) is 0 Å². The lowest BCUT2D eigenvalue weighted by Gasteiger charge is -2.06. The zero-order valence-electron chi connectivity index (χ0n) is 10.9. The molecule has 0 aliphatic rings. The third-order valence-corrected chi connectivity index (χ3v) is 3.25. The van der Waals surface area contributed by atoms with Gasteiger partial charge in [-0.05, 0) is 37.2 Å². The normalized spacial score (nSPS) is 9.79. The van der Waals surface area contributed by atoms with E-state index in [1.54, 1.807) is 12.1 Å². The fourth-order valence-electron chi connectivity index (χ4n) is 1.32. The molecule has 0 aliphatic heterocycles. The molecule has 0 aromatic heterocycles. The molecule has 0 fully saturated rings. The second-order valence-electron chi connectivity index (χ2n) is 3.84. The first-order chi connectivity index (χ1) is 8.72. The summed E-state index contributed by atoms with van der Waals surface area (Å²) in [4.78, 5) is 12.4. The van der Waals surface area contributed by atoms with Crippen LogP contribution < -0.4 is 10.6 Å². The van der Waals surface area contributed by atoms with Crippen LogP contribution in [0.3, 0.4) is 0 Å². The van der Waals surface area contributed by atoms with Crippen LogP contribution in [0.4, 0.5) is 4.39 Å². The maximum absolute atomic E-state index is 12.7. The molecule has 0 saturated heterocycles. The standard InChI is InChI=1S/C13H19FN2OS.ClH/c1-2-7-15-8-9-16-13(17)10-18-12-5-3-11(14)4-6-12;/h3-6,15H,2,7-10H2,1H3,(H,16,17);1H. The number of halogens is 2. The summed E-state index contributed by atoms with van der Waals surface area (Å²) in [7, 11) is 0. The van der Waals surface area contributed by atoms with Crippen molar-refractivity contribution in [3.63, 3.8) is 0 Å². The lowest BCUT2D eigenvalue weighted by Crippen LogP contribution is -2.33. The molecule has 3 nitrogen and oxygen atoms in total. The van der Waals surface area contributed by atoms with Crippen LogP contribution in [0.5, 0.6) is 0 Å². The minimum Gasteiger partial charge on any atom is -0.354 e. The van der Waals surface area contributed by atoms with Gasteiger partial charge >= 0.3 is 0 Å². The Kier molecular flexibility index (Phi) is 10.6. The zero-order valence-corrected chi connectivity index (χ0v) is 12.6. The van der Waals surface area contributed by atoms with Gasteiger partial charge in [-0.15, -0.1) is 24.2 Å². The quantitative estimate of drug-likeness (QED) is 0.572. The average molecular weight is 307 g/mol. The van der Waals surface area contributed by atoms with E-state index < -0.39 is 0 Å². The second-order valence-corrected chi connectivity index (χ2v) is 4.89. The van der Waals surface area contributed by atoms with Gasteiger partial charge in [0.2, 0.25) is 5.91 Å². The maximum Gasteiger partial charge on any atom is 0.230 e. The van der Waals surface area contributed by atoms with Gasteiger partial charge in [0.1, 0.15) is 5.82 Å². The molecule has 1 aromatic rings. The minimum atomic E-state index is -0.259. The molecule has 1 rings (SSSR count). The molecular formula is C13H20ClFN2OS. The monoisotopic (exact) mass is 306 g/mol. The maximum atomic E-state index is 12.7. The first kappa shape index (κ1) is 18.2. The van der Waals surface area contributed by atoms with Crippen LogP contribution in [0.1, 0.15) is 13.3 Å². The van der Waals surface area contributed by atoms with Crippen molar-refractivity contribution in [1.29, 1.82) is 0 Å². The first-order valence-electron chi connectivity index (χ1n) is 6.08. The van der Waals surface area contributed by atoms with E-state index in [1.807, 2.05) is 0 Å². The van der Waals surface area contributed by atoms with Crippen LogP contribution in [-0.4, -0.2) is 31.3 Å². The van der Waals surface area contributed by atoms with Crippen molar-refractivity contribution in [3.05, 3.63) is 30.1 Å². The van der Waals surface area contributed by atoms with Crippen LogP contribution in [0, 0.1) is 5.82 Å². The van der Waals surface area contributed by atoms with Gasteiger partial charge in [-0.25, -0.2) is 4.39 Å². The van der Waals surface area contributed by atoms with Crippen molar-refractivity contribution in [2.75, 3.05) is 25.4 Å². The number of hydrogen-bond acceptors (Lipinski definition) is 3. The number of benzene rings is 1. The Labute approximate surface area is 124 Å². The van der Waals surface area contributed by atoms with Crippen molar-refractivity contribution in [2.45, 2.75) is 18.2 Å². The van der Waals surface area contributed by atoms with Crippen molar-refractivity contribution in [2.24, 2.45) is 0 Å². The Balaban J connectivity index is 0.00000324. The predicted octanol–water partition coefficient (Wildman–Crippen LogP) is 2.46. The van der Waals surface area contributed by atoms with Crippen LogP contribution in [0.15, 0.2) is 29.2 Å². The van der Waals surface area contributed by atoms with E-state index >= 15 is 0 Å². The van der Waals surface area contributed by atoms with Gasteiger partial charge in [-0.1, -0.05) is 6.92 Å². The Hall–Kier alpha value is -0.780. The fraction of sp³-hybridized carbons (Fsp3) is 0.462. The van der Waals surface area contributed by atoms with E-state index in [1.165, 1.54) is 23.9 Å². The molecule has 0 unspecified atom stereocenters. The summed E-state index contributed by atoms with van der Waals surface area (Å²) < 4.78 is 12.7. The van der Waals surface area contributed by atoms with Gasteiger partial charge in [0.15, 0.2) is 0 Å². The molecule has 1 aromatic carbocycles. The SMILES string of the molecule is CCCNCCNC(=O)CSc1ccc(F)cc1.Cl. The molecule has 0 saturated carbocycles. The highest BCUT2D eigenvalue weighted by molar-refractivity contribution is 8.00. The van der Waals surface area contributed by atoms with Gasteiger partial charge in [0, 0.05) is 18.0 Å². The topological polar surface area (TPSA) is 41.1 Å². The molecule has 19 heavy (non-hydrogen) atoms. The molecular weight excluding hydrogens is 287 g/mol. The number of hydrogen-bond donors (Lipinski definition) is 2. The summed E-state index contributed by atoms with van der Waals surface area (Å²) in [6, 6.07) is 6.15. The molecule has 6 heteroatoms. The number of carbonyl (C=O) groups excluding carboxylic acids is 1. The molecule has 0 atom stereocenters. The summed E-state index contributed by atoms with van der Waals surface area (Å²) in [5.41, 5.74) is 0. The largest absolute Gasteiger partial charge is 0.354 e. The average Bonchev–Trinajstić information content (AvgIpc) is 2.38. The van der Waals surface area contributed by atoms with E-state index in [4.69, 9.17) is 0 Å². The van der Waals surface area contributed by atoms with Gasteiger partial charge in [-0.3, -0.25) is 4.79 Å². The lowest BCUT2D eigenvalue weighted by molar-refractivity contribution is -0.118. The zero-order chi connectivity index (χ0) is 13.2. The number of carbonyl (C=O) groups is 1. The molecule has 2 N–H and O–H groups in total. The van der Waals surface area contributed by atoms with E-state index in [0.717, 1.165) is 24.4 Å². The van der Waals surface area contributed by atoms with Gasteiger partial charge < -0.3 is 10.6 Å². The Morgan fingerprint density at radius 2 is 1.89 bits per heavy atom. The van der Waals surface area contributed by atoms with Gasteiger partial charge in [0.25, 0.3) is 0 Å². The molecule has 108 valence electrons. The van der Waals surface area contributed by atoms with Gasteiger partial charge in [-0.2, -0.15) is 0 Å². The Morgan fingerprint density at radius 1 is 1.21 bits per heavy atom. The third-order valence-electron chi connectivity index (χ3n) is 2.23. The highest BCUT2D eigenvalue weighted by Crippen LogP contribution is 2.17. The fourth-order valence-corrected chi connectivity index (χ4v) is 2.05. The van der Waals surface area contributed by atoms with Crippen LogP contribution >= 0.6 is 24.2 Å². The number of amides is 1. The highest BCUT2D eigenvalue weighted by atomic mass is 35.5. The molecule has 0 spiro atoms. The van der Waals surface area contributed by atoms with E-state index in [0.29, 0.717) is 12.3 Å². The number of thioether (sulfide) groups is 1. The summed E-state index contributed by atoms with van der Waals surface area (Å²) in [6.07, 6.45) is 1.09. The van der Waals surface area contributed by atoms with E-state index in [2.05, 4.69) is 17.6 Å². The summed E-state index contributed by atoms with van der Waals surface area (Å²) >= 11 is 1.41.